The lowest BCUT2D eigenvalue weighted by atomic mass is 10.1. The molecule has 0 heterocycles. The molecule has 108 valence electrons. The lowest BCUT2D eigenvalue weighted by Gasteiger charge is -2.26. The van der Waals surface area contributed by atoms with Crippen LogP contribution in [0, 0.1) is 13.8 Å². The fourth-order valence-electron chi connectivity index (χ4n) is 2.09. The average Bonchev–Trinajstić information content (AvgIpc) is 2.41. The van der Waals surface area contributed by atoms with Crippen LogP contribution in [0.5, 0.6) is 11.5 Å². The molecule has 0 aliphatic carbocycles. The molecule has 0 bridgehead atoms. The van der Waals surface area contributed by atoms with Crippen LogP contribution in [0.25, 0.3) is 0 Å². The molecule has 0 aliphatic rings. The Morgan fingerprint density at radius 2 is 1.89 bits per heavy atom. The van der Waals surface area contributed by atoms with E-state index in [0.717, 1.165) is 28.3 Å². The van der Waals surface area contributed by atoms with Crippen molar-refractivity contribution >= 4 is 5.69 Å². The summed E-state index contributed by atoms with van der Waals surface area (Å²) in [5, 5.41) is 9.66. The number of ether oxygens (including phenoxy) is 2. The minimum absolute atomic E-state index is 0.231. The molecule has 0 saturated heterocycles. The SMILES string of the molecule is COc1cc(N(C)CC(O)CN)c(OC)c(C)c1C. The van der Waals surface area contributed by atoms with Crippen molar-refractivity contribution < 1.29 is 14.6 Å². The molecule has 0 aromatic heterocycles. The van der Waals surface area contributed by atoms with Gasteiger partial charge in [0.05, 0.1) is 26.0 Å². The Morgan fingerprint density at radius 1 is 1.26 bits per heavy atom. The van der Waals surface area contributed by atoms with Crippen molar-refractivity contribution in [3.8, 4) is 11.5 Å². The first-order chi connectivity index (χ1) is 8.96. The van der Waals surface area contributed by atoms with E-state index in [9.17, 15) is 5.11 Å². The van der Waals surface area contributed by atoms with Gasteiger partial charge in [0, 0.05) is 26.2 Å². The summed E-state index contributed by atoms with van der Waals surface area (Å²) < 4.78 is 10.9. The van der Waals surface area contributed by atoms with Crippen LogP contribution in [0.4, 0.5) is 5.69 Å². The normalized spacial score (nSPS) is 12.2. The summed E-state index contributed by atoms with van der Waals surface area (Å²) in [6.45, 7) is 4.66. The predicted octanol–water partition coefficient (Wildman–Crippen LogP) is 1.08. The van der Waals surface area contributed by atoms with Crippen molar-refractivity contribution in [2.75, 3.05) is 39.3 Å². The number of aliphatic hydroxyl groups excluding tert-OH is 1. The lowest BCUT2D eigenvalue weighted by Crippen LogP contribution is -2.34. The molecule has 1 rings (SSSR count). The maximum Gasteiger partial charge on any atom is 0.145 e. The summed E-state index contributed by atoms with van der Waals surface area (Å²) in [5.41, 5.74) is 8.42. The molecule has 0 radical (unpaired) electrons. The topological polar surface area (TPSA) is 68.0 Å². The molecule has 0 fully saturated rings. The number of likely N-dealkylation sites (N-methyl/N-ethyl adjacent to an activating group) is 1. The quantitative estimate of drug-likeness (QED) is 0.808. The van der Waals surface area contributed by atoms with Crippen LogP contribution < -0.4 is 20.1 Å². The molecule has 3 N–H and O–H groups in total. The maximum atomic E-state index is 9.66. The number of methoxy groups -OCH3 is 2. The summed E-state index contributed by atoms with van der Waals surface area (Å²) in [5.74, 6) is 1.60. The van der Waals surface area contributed by atoms with Gasteiger partial charge in [-0.15, -0.1) is 0 Å². The van der Waals surface area contributed by atoms with Gasteiger partial charge in [0.15, 0.2) is 0 Å². The fourth-order valence-corrected chi connectivity index (χ4v) is 2.09. The van der Waals surface area contributed by atoms with Crippen molar-refractivity contribution in [3.63, 3.8) is 0 Å². The second-order valence-electron chi connectivity index (χ2n) is 4.65. The Labute approximate surface area is 114 Å². The van der Waals surface area contributed by atoms with Crippen LogP contribution >= 0.6 is 0 Å². The molecule has 1 aromatic carbocycles. The Balaban J connectivity index is 3.21. The molecule has 0 saturated carbocycles. The van der Waals surface area contributed by atoms with Crippen LogP contribution in [0.2, 0.25) is 0 Å². The van der Waals surface area contributed by atoms with E-state index in [0.29, 0.717) is 6.54 Å². The third-order valence-corrected chi connectivity index (χ3v) is 3.37. The van der Waals surface area contributed by atoms with Gasteiger partial charge in [-0.2, -0.15) is 0 Å². The summed E-state index contributed by atoms with van der Waals surface area (Å²) in [4.78, 5) is 1.92. The first kappa shape index (κ1) is 15.6. The number of hydrogen-bond acceptors (Lipinski definition) is 5. The first-order valence-corrected chi connectivity index (χ1v) is 6.27. The van der Waals surface area contributed by atoms with Crippen LogP contribution in [-0.2, 0) is 0 Å². The number of anilines is 1. The van der Waals surface area contributed by atoms with Crippen LogP contribution in [0.1, 0.15) is 11.1 Å². The maximum absolute atomic E-state index is 9.66. The number of benzene rings is 1. The molecule has 1 aromatic rings. The third-order valence-electron chi connectivity index (χ3n) is 3.37. The molecule has 5 nitrogen and oxygen atoms in total. The van der Waals surface area contributed by atoms with Gasteiger partial charge in [-0.1, -0.05) is 0 Å². The molecule has 0 aliphatic heterocycles. The van der Waals surface area contributed by atoms with Crippen molar-refractivity contribution in [3.05, 3.63) is 17.2 Å². The summed E-state index contributed by atoms with van der Waals surface area (Å²) in [6.07, 6.45) is -0.567. The molecular weight excluding hydrogens is 244 g/mol. The van der Waals surface area contributed by atoms with E-state index in [1.165, 1.54) is 0 Å². The van der Waals surface area contributed by atoms with E-state index in [4.69, 9.17) is 15.2 Å². The lowest BCUT2D eigenvalue weighted by molar-refractivity contribution is 0.189. The van der Waals surface area contributed by atoms with Crippen LogP contribution in [-0.4, -0.2) is 45.6 Å². The molecule has 0 amide bonds. The van der Waals surface area contributed by atoms with Crippen molar-refractivity contribution in [1.82, 2.24) is 0 Å². The summed E-state index contributed by atoms with van der Waals surface area (Å²) >= 11 is 0. The zero-order chi connectivity index (χ0) is 14.6. The number of aliphatic hydroxyl groups is 1. The van der Waals surface area contributed by atoms with E-state index in [1.807, 2.05) is 31.9 Å². The van der Waals surface area contributed by atoms with Gasteiger partial charge < -0.3 is 25.2 Å². The zero-order valence-corrected chi connectivity index (χ0v) is 12.4. The van der Waals surface area contributed by atoms with Crippen LogP contribution in [0.15, 0.2) is 6.07 Å². The minimum Gasteiger partial charge on any atom is -0.496 e. The van der Waals surface area contributed by atoms with Crippen molar-refractivity contribution in [2.24, 2.45) is 5.73 Å². The van der Waals surface area contributed by atoms with Crippen molar-refractivity contribution in [1.29, 1.82) is 0 Å². The smallest absolute Gasteiger partial charge is 0.145 e. The highest BCUT2D eigenvalue weighted by molar-refractivity contribution is 5.67. The Morgan fingerprint density at radius 3 is 2.37 bits per heavy atom. The van der Waals surface area contributed by atoms with E-state index >= 15 is 0 Å². The second-order valence-corrected chi connectivity index (χ2v) is 4.65. The number of hydrogen-bond donors (Lipinski definition) is 2. The highest BCUT2D eigenvalue weighted by Gasteiger charge is 2.18. The monoisotopic (exact) mass is 268 g/mol. The highest BCUT2D eigenvalue weighted by atomic mass is 16.5. The van der Waals surface area contributed by atoms with Gasteiger partial charge in [0.1, 0.15) is 11.5 Å². The molecule has 1 unspecified atom stereocenters. The molecule has 5 heteroatoms. The summed E-state index contributed by atoms with van der Waals surface area (Å²) in [6, 6.07) is 1.92. The van der Waals surface area contributed by atoms with E-state index in [-0.39, 0.29) is 6.54 Å². The highest BCUT2D eigenvalue weighted by Crippen LogP contribution is 2.38. The Hall–Kier alpha value is -1.46. The van der Waals surface area contributed by atoms with Gasteiger partial charge in [-0.05, 0) is 25.0 Å². The van der Waals surface area contributed by atoms with Gasteiger partial charge in [-0.25, -0.2) is 0 Å². The molecule has 19 heavy (non-hydrogen) atoms. The number of rotatable bonds is 6. The number of nitrogens with zero attached hydrogens (tertiary/aromatic N) is 1. The fraction of sp³-hybridized carbons (Fsp3) is 0.571. The van der Waals surface area contributed by atoms with Gasteiger partial charge >= 0.3 is 0 Å². The standard InChI is InChI=1S/C14H24N2O3/c1-9-10(2)14(19-5)12(6-13(9)18-4)16(3)8-11(17)7-15/h6,11,17H,7-8,15H2,1-5H3. The molecular formula is C14H24N2O3. The first-order valence-electron chi connectivity index (χ1n) is 6.27. The van der Waals surface area contributed by atoms with Crippen molar-refractivity contribution in [2.45, 2.75) is 20.0 Å². The molecule has 1 atom stereocenters. The average molecular weight is 268 g/mol. The van der Waals surface area contributed by atoms with Crippen LogP contribution in [0.3, 0.4) is 0 Å². The van der Waals surface area contributed by atoms with E-state index in [2.05, 4.69) is 0 Å². The predicted molar refractivity (Wildman–Crippen MR) is 77.4 cm³/mol. The largest absolute Gasteiger partial charge is 0.496 e. The van der Waals surface area contributed by atoms with Gasteiger partial charge in [0.2, 0.25) is 0 Å². The van der Waals surface area contributed by atoms with E-state index < -0.39 is 6.10 Å². The van der Waals surface area contributed by atoms with Gasteiger partial charge in [0.25, 0.3) is 0 Å². The Kier molecular flexibility index (Phi) is 5.44. The van der Waals surface area contributed by atoms with E-state index in [1.54, 1.807) is 14.2 Å². The van der Waals surface area contributed by atoms with Gasteiger partial charge in [-0.3, -0.25) is 0 Å². The summed E-state index contributed by atoms with van der Waals surface area (Å²) in [7, 11) is 5.18. The Bertz CT molecular complexity index is 435. The third kappa shape index (κ3) is 3.30. The minimum atomic E-state index is -0.567. The molecule has 0 spiro atoms. The zero-order valence-electron chi connectivity index (χ0n) is 12.4. The second kappa shape index (κ2) is 6.63. The number of nitrogens with two attached hydrogens (primary N) is 1.